The van der Waals surface area contributed by atoms with Crippen LogP contribution in [0.25, 0.3) is 0 Å². The zero-order valence-electron chi connectivity index (χ0n) is 10.9. The van der Waals surface area contributed by atoms with E-state index in [1.54, 1.807) is 6.07 Å². The van der Waals surface area contributed by atoms with E-state index in [0.29, 0.717) is 5.02 Å². The molecule has 0 radical (unpaired) electrons. The molecule has 20 heavy (non-hydrogen) atoms. The van der Waals surface area contributed by atoms with Crippen molar-refractivity contribution < 1.29 is 9.50 Å². The van der Waals surface area contributed by atoms with Crippen LogP contribution >= 0.6 is 11.6 Å². The number of fused-ring (bicyclic) bond motifs is 1. The third kappa shape index (κ3) is 2.51. The van der Waals surface area contributed by atoms with Crippen LogP contribution in [0.2, 0.25) is 5.02 Å². The minimum absolute atomic E-state index is 0.0543. The van der Waals surface area contributed by atoms with Gasteiger partial charge in [-0.3, -0.25) is 0 Å². The Morgan fingerprint density at radius 1 is 1.15 bits per heavy atom. The van der Waals surface area contributed by atoms with E-state index in [2.05, 4.69) is 4.90 Å². The van der Waals surface area contributed by atoms with Gasteiger partial charge < -0.3 is 10.0 Å². The molecule has 3 rings (SSSR count). The van der Waals surface area contributed by atoms with Crippen LogP contribution in [0.3, 0.4) is 0 Å². The van der Waals surface area contributed by atoms with Gasteiger partial charge in [0.25, 0.3) is 0 Å². The molecule has 104 valence electrons. The van der Waals surface area contributed by atoms with Crippen molar-refractivity contribution in [3.05, 3.63) is 63.9 Å². The van der Waals surface area contributed by atoms with Crippen molar-refractivity contribution in [1.29, 1.82) is 0 Å². The maximum atomic E-state index is 13.2. The van der Waals surface area contributed by atoms with Gasteiger partial charge in [0.2, 0.25) is 0 Å². The molecule has 1 aliphatic rings. The first-order chi connectivity index (χ1) is 9.67. The van der Waals surface area contributed by atoms with Gasteiger partial charge in [-0.25, -0.2) is 4.39 Å². The molecule has 0 aromatic heterocycles. The van der Waals surface area contributed by atoms with E-state index in [9.17, 15) is 4.39 Å². The van der Waals surface area contributed by atoms with E-state index in [1.807, 2.05) is 24.3 Å². The maximum absolute atomic E-state index is 13.2. The molecule has 4 heteroatoms. The molecule has 2 aromatic carbocycles. The molecule has 2 aromatic rings. The van der Waals surface area contributed by atoms with Gasteiger partial charge >= 0.3 is 0 Å². The quantitative estimate of drug-likeness (QED) is 0.915. The predicted octanol–water partition coefficient (Wildman–Crippen LogP) is 3.53. The van der Waals surface area contributed by atoms with Crippen LogP contribution in [0.1, 0.15) is 16.7 Å². The zero-order valence-corrected chi connectivity index (χ0v) is 11.7. The molecule has 0 fully saturated rings. The summed E-state index contributed by atoms with van der Waals surface area (Å²) in [5.41, 5.74) is 4.00. The maximum Gasteiger partial charge on any atom is 0.123 e. The standard InChI is InChI=1S/C16H15ClFNO/c17-16-8-15(4-2-13(16)10-20)19-6-5-11-7-14(18)3-1-12(11)9-19/h1-4,7-8,20H,5-6,9-10H2. The molecule has 0 saturated heterocycles. The summed E-state index contributed by atoms with van der Waals surface area (Å²) in [5, 5.41) is 9.72. The fraction of sp³-hybridized carbons (Fsp3) is 0.250. The van der Waals surface area contributed by atoms with E-state index in [-0.39, 0.29) is 12.4 Å². The third-order valence-electron chi connectivity index (χ3n) is 3.75. The Kier molecular flexibility index (Phi) is 3.64. The van der Waals surface area contributed by atoms with Crippen molar-refractivity contribution >= 4 is 17.3 Å². The Morgan fingerprint density at radius 3 is 2.75 bits per heavy atom. The van der Waals surface area contributed by atoms with Crippen LogP contribution in [0.4, 0.5) is 10.1 Å². The number of aliphatic hydroxyl groups is 1. The second kappa shape index (κ2) is 5.43. The van der Waals surface area contributed by atoms with Crippen LogP contribution in [0.15, 0.2) is 36.4 Å². The van der Waals surface area contributed by atoms with E-state index in [4.69, 9.17) is 16.7 Å². The van der Waals surface area contributed by atoms with Gasteiger partial charge in [-0.05, 0) is 47.4 Å². The number of halogens is 2. The minimum Gasteiger partial charge on any atom is -0.392 e. The second-order valence-electron chi connectivity index (χ2n) is 5.02. The van der Waals surface area contributed by atoms with Crippen molar-refractivity contribution in [3.63, 3.8) is 0 Å². The third-order valence-corrected chi connectivity index (χ3v) is 4.10. The highest BCUT2D eigenvalue weighted by molar-refractivity contribution is 6.31. The summed E-state index contributed by atoms with van der Waals surface area (Å²) >= 11 is 6.13. The number of nitrogens with zero attached hydrogens (tertiary/aromatic N) is 1. The molecular weight excluding hydrogens is 277 g/mol. The lowest BCUT2D eigenvalue weighted by molar-refractivity contribution is 0.282. The van der Waals surface area contributed by atoms with Gasteiger partial charge in [0, 0.05) is 23.8 Å². The van der Waals surface area contributed by atoms with Crippen LogP contribution < -0.4 is 4.90 Å². The van der Waals surface area contributed by atoms with Crippen LogP contribution in [0, 0.1) is 5.82 Å². The fourth-order valence-electron chi connectivity index (χ4n) is 2.60. The van der Waals surface area contributed by atoms with E-state index >= 15 is 0 Å². The highest BCUT2D eigenvalue weighted by Gasteiger charge is 2.17. The Hall–Kier alpha value is -1.58. The Labute approximate surface area is 122 Å². The summed E-state index contributed by atoms with van der Waals surface area (Å²) in [6.45, 7) is 1.54. The Balaban J connectivity index is 1.86. The monoisotopic (exact) mass is 291 g/mol. The predicted molar refractivity (Wildman–Crippen MR) is 78.5 cm³/mol. The summed E-state index contributed by atoms with van der Waals surface area (Å²) in [4.78, 5) is 2.22. The molecule has 1 N–H and O–H groups in total. The lowest BCUT2D eigenvalue weighted by atomic mass is 9.99. The highest BCUT2D eigenvalue weighted by Crippen LogP contribution is 2.28. The molecule has 0 saturated carbocycles. The molecule has 1 aliphatic heterocycles. The first kappa shape index (κ1) is 13.4. The van der Waals surface area contributed by atoms with E-state index < -0.39 is 0 Å². The van der Waals surface area contributed by atoms with Crippen molar-refractivity contribution in [2.75, 3.05) is 11.4 Å². The number of hydrogen-bond acceptors (Lipinski definition) is 2. The SMILES string of the molecule is OCc1ccc(N2CCc3cc(F)ccc3C2)cc1Cl. The smallest absolute Gasteiger partial charge is 0.123 e. The molecule has 0 spiro atoms. The lowest BCUT2D eigenvalue weighted by Gasteiger charge is -2.31. The average molecular weight is 292 g/mol. The molecule has 0 aliphatic carbocycles. The molecule has 0 bridgehead atoms. The van der Waals surface area contributed by atoms with Gasteiger partial charge in [0.05, 0.1) is 6.61 Å². The molecule has 2 nitrogen and oxygen atoms in total. The van der Waals surface area contributed by atoms with Crippen LogP contribution in [0.5, 0.6) is 0 Å². The number of aliphatic hydroxyl groups excluding tert-OH is 1. The van der Waals surface area contributed by atoms with Gasteiger partial charge in [-0.2, -0.15) is 0 Å². The largest absolute Gasteiger partial charge is 0.392 e. The van der Waals surface area contributed by atoms with Gasteiger partial charge in [0.15, 0.2) is 0 Å². The van der Waals surface area contributed by atoms with Gasteiger partial charge in [0.1, 0.15) is 5.82 Å². The zero-order chi connectivity index (χ0) is 14.1. The number of hydrogen-bond donors (Lipinski definition) is 1. The summed E-state index contributed by atoms with van der Waals surface area (Å²) in [6.07, 6.45) is 0.826. The van der Waals surface area contributed by atoms with Crippen molar-refractivity contribution in [3.8, 4) is 0 Å². The van der Waals surface area contributed by atoms with Crippen LogP contribution in [-0.2, 0) is 19.6 Å². The summed E-state index contributed by atoms with van der Waals surface area (Å²) in [5.74, 6) is -0.174. The van der Waals surface area contributed by atoms with Crippen LogP contribution in [-0.4, -0.2) is 11.7 Å². The summed E-state index contributed by atoms with van der Waals surface area (Å²) in [7, 11) is 0. The summed E-state index contributed by atoms with van der Waals surface area (Å²) in [6, 6.07) is 10.7. The van der Waals surface area contributed by atoms with Crippen molar-refractivity contribution in [2.45, 2.75) is 19.6 Å². The van der Waals surface area contributed by atoms with Crippen molar-refractivity contribution in [2.24, 2.45) is 0 Å². The first-order valence-electron chi connectivity index (χ1n) is 6.59. The van der Waals surface area contributed by atoms with Crippen molar-refractivity contribution in [1.82, 2.24) is 0 Å². The first-order valence-corrected chi connectivity index (χ1v) is 6.96. The average Bonchev–Trinajstić information content (AvgIpc) is 2.46. The molecule has 0 unspecified atom stereocenters. The molecule has 1 heterocycles. The molecule has 0 amide bonds. The highest BCUT2D eigenvalue weighted by atomic mass is 35.5. The van der Waals surface area contributed by atoms with E-state index in [1.165, 1.54) is 6.07 Å². The lowest BCUT2D eigenvalue weighted by Crippen LogP contribution is -2.30. The molecular formula is C16H15ClFNO. The van der Waals surface area contributed by atoms with Gasteiger partial charge in [-0.1, -0.05) is 23.7 Å². The number of rotatable bonds is 2. The number of anilines is 1. The number of benzene rings is 2. The summed E-state index contributed by atoms with van der Waals surface area (Å²) < 4.78 is 13.2. The van der Waals surface area contributed by atoms with Gasteiger partial charge in [-0.15, -0.1) is 0 Å². The normalized spacial score (nSPS) is 14.2. The molecule has 0 atom stereocenters. The minimum atomic E-state index is -0.174. The Morgan fingerprint density at radius 2 is 2.00 bits per heavy atom. The second-order valence-corrected chi connectivity index (χ2v) is 5.43. The Bertz CT molecular complexity index is 644. The fourth-order valence-corrected chi connectivity index (χ4v) is 2.84. The topological polar surface area (TPSA) is 23.5 Å². The van der Waals surface area contributed by atoms with E-state index in [0.717, 1.165) is 41.9 Å².